The van der Waals surface area contributed by atoms with Gasteiger partial charge in [0, 0.05) is 5.75 Å². The third kappa shape index (κ3) is 14.1. The predicted octanol–water partition coefficient (Wildman–Crippen LogP) is 5.84. The van der Waals surface area contributed by atoms with E-state index in [9.17, 15) is 19.2 Å². The monoisotopic (exact) mass is 731 g/mol. The van der Waals surface area contributed by atoms with E-state index in [4.69, 9.17) is 25.7 Å². The van der Waals surface area contributed by atoms with Crippen molar-refractivity contribution in [3.63, 3.8) is 0 Å². The third-order valence-electron chi connectivity index (χ3n) is 6.98. The number of azo groups is 2. The molecule has 15 nitrogen and oxygen atoms in total. The summed E-state index contributed by atoms with van der Waals surface area (Å²) in [5.41, 5.74) is 8.81. The number of hydrogen-bond donors (Lipinski definition) is 3. The lowest BCUT2D eigenvalue weighted by molar-refractivity contribution is -0.128. The molecule has 0 unspecified atom stereocenters. The van der Waals surface area contributed by atoms with E-state index in [0.29, 0.717) is 57.5 Å². The summed E-state index contributed by atoms with van der Waals surface area (Å²) in [4.78, 5) is 48.8. The van der Waals surface area contributed by atoms with Crippen molar-refractivity contribution in [2.45, 2.75) is 18.9 Å². The van der Waals surface area contributed by atoms with Gasteiger partial charge in [0.2, 0.25) is 11.0 Å². The van der Waals surface area contributed by atoms with E-state index in [1.807, 2.05) is 12.1 Å². The topological polar surface area (TPSA) is 234 Å². The lowest BCUT2D eigenvalue weighted by Crippen LogP contribution is -2.46. The van der Waals surface area contributed by atoms with Crippen LogP contribution in [0, 0.1) is 22.7 Å². The molecule has 0 radical (unpaired) electrons. The molecule has 0 fully saturated rings. The molecule has 268 valence electrons. The van der Waals surface area contributed by atoms with Crippen LogP contribution in [-0.2, 0) is 19.2 Å². The number of amides is 3. The second kappa shape index (κ2) is 20.7. The number of benzene rings is 4. The molecule has 0 spiro atoms. The Hall–Kier alpha value is -6.91. The second-order valence-electron chi connectivity index (χ2n) is 10.9. The Bertz CT molecular complexity index is 2010. The highest BCUT2D eigenvalue weighted by Gasteiger charge is 2.18. The average molecular weight is 732 g/mol. The lowest BCUT2D eigenvalue weighted by atomic mass is 10.1. The van der Waals surface area contributed by atoms with Gasteiger partial charge in [0.05, 0.1) is 52.6 Å². The lowest BCUT2D eigenvalue weighted by Gasteiger charge is -2.15. The molecule has 0 heterocycles. The first-order chi connectivity index (χ1) is 25.7. The molecule has 0 aliphatic carbocycles. The summed E-state index contributed by atoms with van der Waals surface area (Å²) in [6.07, 6.45) is 0.597. The quantitative estimate of drug-likeness (QED) is 0.0822. The molecule has 1 atom stereocenters. The molecule has 0 aromatic heterocycles. The van der Waals surface area contributed by atoms with Crippen molar-refractivity contribution in [2.24, 2.45) is 26.2 Å². The minimum atomic E-state index is -0.955. The molecule has 16 heteroatoms. The standard InChI is InChI=1S/C37H33N9O6S/c38-20-25-3-7-27(8-4-25)43-45-29-11-15-31(16-12-29)51-23-34(47)41-22-36(49)53-19-1-2-33(37(40)50)42-35(48)24-52-32-17-13-30(14-18-32)46-44-28-9-5-26(21-39)6-10-28/h3-18,33H,1-2,19,22-24H2,(H2,40,50)(H,41,47)(H,42,48)/t33-/m0/s1. The van der Waals surface area contributed by atoms with Crippen LogP contribution in [0.25, 0.3) is 0 Å². The highest BCUT2D eigenvalue weighted by atomic mass is 32.2. The molecule has 0 aliphatic rings. The van der Waals surface area contributed by atoms with Crippen LogP contribution in [0.5, 0.6) is 11.5 Å². The fraction of sp³-hybridized carbons (Fsp3) is 0.189. The van der Waals surface area contributed by atoms with E-state index in [1.54, 1.807) is 97.1 Å². The Labute approximate surface area is 308 Å². The van der Waals surface area contributed by atoms with Gasteiger partial charge >= 0.3 is 0 Å². The molecule has 4 aromatic rings. The van der Waals surface area contributed by atoms with Crippen LogP contribution < -0.4 is 25.8 Å². The van der Waals surface area contributed by atoms with E-state index < -0.39 is 23.8 Å². The number of nitriles is 2. The van der Waals surface area contributed by atoms with Crippen molar-refractivity contribution in [1.29, 1.82) is 10.5 Å². The molecule has 4 rings (SSSR count). The van der Waals surface area contributed by atoms with E-state index in [2.05, 4.69) is 31.1 Å². The van der Waals surface area contributed by atoms with Crippen molar-refractivity contribution < 1.29 is 28.7 Å². The number of nitrogens with one attached hydrogen (secondary N) is 2. The maximum absolute atomic E-state index is 12.4. The number of carbonyl (C=O) groups excluding carboxylic acids is 4. The van der Waals surface area contributed by atoms with Gasteiger partial charge in [-0.05, 0) is 110 Å². The first-order valence-electron chi connectivity index (χ1n) is 16.0. The van der Waals surface area contributed by atoms with E-state index in [-0.39, 0.29) is 31.3 Å². The SMILES string of the molecule is N#Cc1ccc(N=Nc2ccc(OCC(=O)NCC(=O)SCCC[C@H](NC(=O)COc3ccc(N=Nc4ccc(C#N)cc4)cc3)C(N)=O)cc2)cc1. The van der Waals surface area contributed by atoms with Gasteiger partial charge < -0.3 is 25.8 Å². The summed E-state index contributed by atoms with van der Waals surface area (Å²) in [7, 11) is 0. The molecule has 0 saturated heterocycles. The van der Waals surface area contributed by atoms with Gasteiger partial charge in [-0.1, -0.05) is 11.8 Å². The number of nitrogens with zero attached hydrogens (tertiary/aromatic N) is 6. The normalized spacial score (nSPS) is 11.3. The summed E-state index contributed by atoms with van der Waals surface area (Å²) in [6.45, 7) is -0.868. The average Bonchev–Trinajstić information content (AvgIpc) is 3.19. The van der Waals surface area contributed by atoms with Gasteiger partial charge in [0.1, 0.15) is 17.5 Å². The summed E-state index contributed by atoms with van der Waals surface area (Å²) in [5, 5.41) is 39.0. The molecule has 53 heavy (non-hydrogen) atoms. The molecule has 0 saturated carbocycles. The van der Waals surface area contributed by atoms with E-state index in [1.165, 1.54) is 0 Å². The van der Waals surface area contributed by atoms with Crippen LogP contribution >= 0.6 is 11.8 Å². The molecular weight excluding hydrogens is 699 g/mol. The molecule has 0 aliphatic heterocycles. The van der Waals surface area contributed by atoms with Crippen LogP contribution in [0.15, 0.2) is 118 Å². The molecule has 0 bridgehead atoms. The van der Waals surface area contributed by atoms with Gasteiger partial charge in [-0.25, -0.2) is 0 Å². The van der Waals surface area contributed by atoms with Crippen LogP contribution in [0.4, 0.5) is 22.7 Å². The number of rotatable bonds is 18. The zero-order valence-corrected chi connectivity index (χ0v) is 29.0. The van der Waals surface area contributed by atoms with E-state index in [0.717, 1.165) is 11.8 Å². The Morgan fingerprint density at radius 3 is 1.49 bits per heavy atom. The predicted molar refractivity (Wildman–Crippen MR) is 195 cm³/mol. The van der Waals surface area contributed by atoms with Gasteiger partial charge in [0.25, 0.3) is 11.8 Å². The number of hydrogen-bond acceptors (Lipinski definition) is 13. The smallest absolute Gasteiger partial charge is 0.258 e. The van der Waals surface area contributed by atoms with Crippen molar-refractivity contribution in [2.75, 3.05) is 25.5 Å². The van der Waals surface area contributed by atoms with Crippen molar-refractivity contribution >= 4 is 57.3 Å². The molecule has 4 N–H and O–H groups in total. The van der Waals surface area contributed by atoms with Crippen LogP contribution in [0.2, 0.25) is 0 Å². The van der Waals surface area contributed by atoms with Gasteiger partial charge in [-0.2, -0.15) is 31.0 Å². The summed E-state index contributed by atoms with van der Waals surface area (Å²) < 4.78 is 11.0. The number of thioether (sulfide) groups is 1. The van der Waals surface area contributed by atoms with Crippen LogP contribution in [-0.4, -0.2) is 54.4 Å². The van der Waals surface area contributed by atoms with Crippen LogP contribution in [0.3, 0.4) is 0 Å². The Kier molecular flexibility index (Phi) is 15.2. The number of ether oxygens (including phenoxy) is 2. The molecule has 3 amide bonds. The van der Waals surface area contributed by atoms with Crippen molar-refractivity contribution in [3.05, 3.63) is 108 Å². The maximum Gasteiger partial charge on any atom is 0.258 e. The zero-order chi connectivity index (χ0) is 37.8. The minimum Gasteiger partial charge on any atom is -0.484 e. The summed E-state index contributed by atoms with van der Waals surface area (Å²) in [6, 6.07) is 29.6. The Morgan fingerprint density at radius 2 is 1.08 bits per heavy atom. The Balaban J connectivity index is 1.07. The maximum atomic E-state index is 12.4. The highest BCUT2D eigenvalue weighted by molar-refractivity contribution is 8.13. The molecule has 4 aromatic carbocycles. The van der Waals surface area contributed by atoms with E-state index >= 15 is 0 Å². The second-order valence-corrected chi connectivity index (χ2v) is 12.1. The molecular formula is C37H33N9O6S. The fourth-order valence-corrected chi connectivity index (χ4v) is 4.93. The van der Waals surface area contributed by atoms with Gasteiger partial charge in [-0.3, -0.25) is 19.2 Å². The first kappa shape index (κ1) is 38.9. The van der Waals surface area contributed by atoms with Gasteiger partial charge in [-0.15, -0.1) is 0 Å². The number of primary amides is 1. The number of carbonyl (C=O) groups is 4. The van der Waals surface area contributed by atoms with Gasteiger partial charge in [0.15, 0.2) is 13.2 Å². The summed E-state index contributed by atoms with van der Waals surface area (Å²) >= 11 is 0.980. The van der Waals surface area contributed by atoms with Crippen molar-refractivity contribution in [3.8, 4) is 23.6 Å². The third-order valence-corrected chi connectivity index (χ3v) is 7.94. The summed E-state index contributed by atoms with van der Waals surface area (Å²) in [5.74, 6) is -0.587. The zero-order valence-electron chi connectivity index (χ0n) is 28.2. The minimum absolute atomic E-state index is 0.204. The fourth-order valence-electron chi connectivity index (χ4n) is 4.22. The van der Waals surface area contributed by atoms with Crippen LogP contribution in [0.1, 0.15) is 24.0 Å². The Morgan fingerprint density at radius 1 is 0.660 bits per heavy atom. The number of nitrogens with two attached hydrogens (primary N) is 1. The largest absolute Gasteiger partial charge is 0.484 e. The highest BCUT2D eigenvalue weighted by Crippen LogP contribution is 2.23. The van der Waals surface area contributed by atoms with Crippen molar-refractivity contribution in [1.82, 2.24) is 10.6 Å². The first-order valence-corrected chi connectivity index (χ1v) is 17.0.